The summed E-state index contributed by atoms with van der Waals surface area (Å²) in [5.74, 6) is 0. The van der Waals surface area contributed by atoms with Gasteiger partial charge in [-0.1, -0.05) is 109 Å². The van der Waals surface area contributed by atoms with Crippen molar-refractivity contribution in [1.29, 1.82) is 0 Å². The monoisotopic (exact) mass is 362 g/mol. The lowest BCUT2D eigenvalue weighted by Gasteiger charge is -2.45. The quantitative estimate of drug-likeness (QED) is 0.489. The molecule has 4 aromatic rings. The summed E-state index contributed by atoms with van der Waals surface area (Å²) in [7, 11) is 0. The molecule has 2 nitrogen and oxygen atoms in total. The van der Waals surface area contributed by atoms with Crippen LogP contribution < -0.4 is 10.6 Å². The highest BCUT2D eigenvalue weighted by Crippen LogP contribution is 2.42. The van der Waals surface area contributed by atoms with Gasteiger partial charge < -0.3 is 5.32 Å². The fourth-order valence-electron chi connectivity index (χ4n) is 4.16. The molecule has 0 unspecified atom stereocenters. The van der Waals surface area contributed by atoms with Gasteiger partial charge in [0, 0.05) is 5.69 Å². The third-order valence-corrected chi connectivity index (χ3v) is 5.50. The average Bonchev–Trinajstić information content (AvgIpc) is 2.80. The molecule has 0 radical (unpaired) electrons. The van der Waals surface area contributed by atoms with E-state index in [9.17, 15) is 0 Å². The Labute approximate surface area is 165 Å². The molecule has 0 amide bonds. The van der Waals surface area contributed by atoms with Crippen molar-refractivity contribution in [3.05, 3.63) is 138 Å². The first-order valence-electron chi connectivity index (χ1n) is 9.68. The molecule has 136 valence electrons. The topological polar surface area (TPSA) is 24.1 Å². The van der Waals surface area contributed by atoms with E-state index in [2.05, 4.69) is 126 Å². The molecular weight excluding hydrogens is 340 g/mol. The summed E-state index contributed by atoms with van der Waals surface area (Å²) in [5, 5.41) is 7.79. The molecular formula is C26H22N2. The summed E-state index contributed by atoms with van der Waals surface area (Å²) in [6.07, 6.45) is 0. The summed E-state index contributed by atoms with van der Waals surface area (Å²) in [6.45, 7) is 0. The first kappa shape index (κ1) is 16.8. The molecule has 2 N–H and O–H groups in total. The SMILES string of the molecule is c1ccc([C@H]2NC(c3ccccc3)(c3ccccc3)Nc3ccccc32)cc1. The fraction of sp³-hybridized carbons (Fsp3) is 0.0769. The molecule has 2 heteroatoms. The maximum Gasteiger partial charge on any atom is 0.142 e. The first-order chi connectivity index (χ1) is 13.9. The van der Waals surface area contributed by atoms with Crippen LogP contribution >= 0.6 is 0 Å². The number of hydrogen-bond donors (Lipinski definition) is 2. The zero-order chi connectivity index (χ0) is 18.8. The number of rotatable bonds is 3. The molecule has 28 heavy (non-hydrogen) atoms. The molecule has 0 bridgehead atoms. The molecule has 0 saturated carbocycles. The van der Waals surface area contributed by atoms with Gasteiger partial charge in [-0.15, -0.1) is 0 Å². The molecule has 0 saturated heterocycles. The number of benzene rings is 4. The summed E-state index contributed by atoms with van der Waals surface area (Å²) in [4.78, 5) is 0. The Morgan fingerprint density at radius 2 is 1.04 bits per heavy atom. The van der Waals surface area contributed by atoms with E-state index in [0.717, 1.165) is 5.69 Å². The standard InChI is InChI=1S/C26H22N2/c1-4-12-20(13-5-1)25-23-18-10-11-19-24(23)27-26(28-25,21-14-6-2-7-15-21)22-16-8-3-9-17-22/h1-19,25,27-28H/t25-/m1/s1. The molecule has 0 aliphatic carbocycles. The molecule has 0 spiro atoms. The lowest BCUT2D eigenvalue weighted by Crippen LogP contribution is -2.54. The maximum absolute atomic E-state index is 3.96. The minimum Gasteiger partial charge on any atom is -0.359 e. The van der Waals surface area contributed by atoms with Crippen LogP contribution in [0.5, 0.6) is 0 Å². The molecule has 5 rings (SSSR count). The predicted octanol–water partition coefficient (Wildman–Crippen LogP) is 5.69. The normalized spacial score (nSPS) is 17.4. The van der Waals surface area contributed by atoms with Crippen LogP contribution in [-0.2, 0) is 5.66 Å². The van der Waals surface area contributed by atoms with Crippen molar-refractivity contribution < 1.29 is 0 Å². The molecule has 0 aromatic heterocycles. The summed E-state index contributed by atoms with van der Waals surface area (Å²) >= 11 is 0. The van der Waals surface area contributed by atoms with Gasteiger partial charge in [-0.25, -0.2) is 0 Å². The van der Waals surface area contributed by atoms with Gasteiger partial charge in [-0.3, -0.25) is 5.32 Å². The van der Waals surface area contributed by atoms with Crippen LogP contribution in [0.2, 0.25) is 0 Å². The van der Waals surface area contributed by atoms with Gasteiger partial charge in [0.15, 0.2) is 0 Å². The van der Waals surface area contributed by atoms with E-state index >= 15 is 0 Å². The fourth-order valence-corrected chi connectivity index (χ4v) is 4.16. The maximum atomic E-state index is 3.96. The van der Waals surface area contributed by atoms with Gasteiger partial charge >= 0.3 is 0 Å². The van der Waals surface area contributed by atoms with Crippen LogP contribution in [0, 0.1) is 0 Å². The van der Waals surface area contributed by atoms with E-state index in [1.807, 2.05) is 0 Å². The van der Waals surface area contributed by atoms with Crippen molar-refractivity contribution in [3.63, 3.8) is 0 Å². The first-order valence-corrected chi connectivity index (χ1v) is 9.68. The number of hydrogen-bond acceptors (Lipinski definition) is 2. The Kier molecular flexibility index (Phi) is 4.19. The second-order valence-electron chi connectivity index (χ2n) is 7.18. The zero-order valence-corrected chi connectivity index (χ0v) is 15.5. The van der Waals surface area contributed by atoms with Crippen molar-refractivity contribution in [3.8, 4) is 0 Å². The van der Waals surface area contributed by atoms with E-state index in [4.69, 9.17) is 0 Å². The molecule has 4 aromatic carbocycles. The second kappa shape index (κ2) is 6.99. The Hall–Kier alpha value is -3.36. The van der Waals surface area contributed by atoms with E-state index in [1.54, 1.807) is 0 Å². The lowest BCUT2D eigenvalue weighted by molar-refractivity contribution is 0.396. The minimum atomic E-state index is -0.516. The van der Waals surface area contributed by atoms with Crippen molar-refractivity contribution in [2.45, 2.75) is 11.7 Å². The Morgan fingerprint density at radius 3 is 1.64 bits per heavy atom. The molecule has 1 aliphatic rings. The molecule has 1 heterocycles. The largest absolute Gasteiger partial charge is 0.359 e. The second-order valence-corrected chi connectivity index (χ2v) is 7.18. The minimum absolute atomic E-state index is 0.0825. The van der Waals surface area contributed by atoms with Crippen LogP contribution in [0.25, 0.3) is 0 Å². The van der Waals surface area contributed by atoms with Gasteiger partial charge in [0.25, 0.3) is 0 Å². The molecule has 1 aliphatic heterocycles. The van der Waals surface area contributed by atoms with Crippen LogP contribution in [-0.4, -0.2) is 0 Å². The summed E-state index contributed by atoms with van der Waals surface area (Å²) in [6, 6.07) is 40.6. The number of para-hydroxylation sites is 1. The van der Waals surface area contributed by atoms with Crippen molar-refractivity contribution in [2.24, 2.45) is 0 Å². The average molecular weight is 362 g/mol. The summed E-state index contributed by atoms with van der Waals surface area (Å²) in [5.41, 5.74) is 5.54. The lowest BCUT2D eigenvalue weighted by atomic mass is 9.84. The van der Waals surface area contributed by atoms with Gasteiger partial charge in [-0.2, -0.15) is 0 Å². The number of anilines is 1. The van der Waals surface area contributed by atoms with E-state index in [0.29, 0.717) is 0 Å². The summed E-state index contributed by atoms with van der Waals surface area (Å²) < 4.78 is 0. The third kappa shape index (κ3) is 2.79. The predicted molar refractivity (Wildman–Crippen MR) is 115 cm³/mol. The van der Waals surface area contributed by atoms with E-state index < -0.39 is 5.66 Å². The van der Waals surface area contributed by atoms with Crippen LogP contribution in [0.15, 0.2) is 115 Å². The van der Waals surface area contributed by atoms with E-state index in [1.165, 1.54) is 22.3 Å². The molecule has 1 atom stereocenters. The van der Waals surface area contributed by atoms with E-state index in [-0.39, 0.29) is 6.04 Å². The van der Waals surface area contributed by atoms with Crippen LogP contribution in [0.3, 0.4) is 0 Å². The Balaban J connectivity index is 1.75. The Morgan fingerprint density at radius 1 is 0.536 bits per heavy atom. The van der Waals surface area contributed by atoms with Gasteiger partial charge in [-0.05, 0) is 28.3 Å². The number of fused-ring (bicyclic) bond motifs is 1. The van der Waals surface area contributed by atoms with Crippen LogP contribution in [0.1, 0.15) is 28.3 Å². The smallest absolute Gasteiger partial charge is 0.142 e. The highest BCUT2D eigenvalue weighted by atomic mass is 15.2. The zero-order valence-electron chi connectivity index (χ0n) is 15.5. The highest BCUT2D eigenvalue weighted by Gasteiger charge is 2.41. The highest BCUT2D eigenvalue weighted by molar-refractivity contribution is 5.63. The van der Waals surface area contributed by atoms with Crippen LogP contribution in [0.4, 0.5) is 5.69 Å². The van der Waals surface area contributed by atoms with Crippen molar-refractivity contribution in [2.75, 3.05) is 5.32 Å². The third-order valence-electron chi connectivity index (χ3n) is 5.50. The van der Waals surface area contributed by atoms with Crippen molar-refractivity contribution in [1.82, 2.24) is 5.32 Å². The molecule has 0 fully saturated rings. The van der Waals surface area contributed by atoms with Gasteiger partial charge in [0.1, 0.15) is 5.66 Å². The number of nitrogens with one attached hydrogen (secondary N) is 2. The van der Waals surface area contributed by atoms with Gasteiger partial charge in [0.2, 0.25) is 0 Å². The Bertz CT molecular complexity index is 1020. The van der Waals surface area contributed by atoms with Gasteiger partial charge in [0.05, 0.1) is 6.04 Å². The van der Waals surface area contributed by atoms with Crippen molar-refractivity contribution >= 4 is 5.69 Å².